The van der Waals surface area contributed by atoms with E-state index in [4.69, 9.17) is 11.6 Å². The molecular weight excluding hydrogens is 375 g/mol. The van der Waals surface area contributed by atoms with Crippen LogP contribution < -0.4 is 5.32 Å². The van der Waals surface area contributed by atoms with Crippen LogP contribution in [0.3, 0.4) is 0 Å². The number of pyridine rings is 1. The molecule has 4 nitrogen and oxygen atoms in total. The fraction of sp³-hybridized carbons (Fsp3) is 0.136. The number of aromatic nitrogens is 3. The summed E-state index contributed by atoms with van der Waals surface area (Å²) in [5, 5.41) is 4.37. The Morgan fingerprint density at radius 2 is 1.79 bits per heavy atom. The highest BCUT2D eigenvalue weighted by molar-refractivity contribution is 6.31. The zero-order valence-corrected chi connectivity index (χ0v) is 16.2. The normalized spacial score (nSPS) is 11.2. The Morgan fingerprint density at radius 3 is 2.57 bits per heavy atom. The van der Waals surface area contributed by atoms with Crippen LogP contribution in [0.1, 0.15) is 13.8 Å². The zero-order chi connectivity index (χ0) is 19.7. The molecule has 0 aliphatic rings. The summed E-state index contributed by atoms with van der Waals surface area (Å²) in [5.41, 5.74) is 4.24. The molecule has 2 heterocycles. The van der Waals surface area contributed by atoms with Crippen LogP contribution >= 0.6 is 11.6 Å². The van der Waals surface area contributed by atoms with Crippen molar-refractivity contribution in [2.24, 2.45) is 0 Å². The maximum absolute atomic E-state index is 13.6. The number of nitrogens with one attached hydrogen (secondary N) is 1. The van der Waals surface area contributed by atoms with Crippen molar-refractivity contribution in [1.82, 2.24) is 15.0 Å². The fourth-order valence-electron chi connectivity index (χ4n) is 3.12. The van der Waals surface area contributed by atoms with Gasteiger partial charge in [0, 0.05) is 28.8 Å². The minimum Gasteiger partial charge on any atom is -0.367 e. The fourth-order valence-corrected chi connectivity index (χ4v) is 3.30. The van der Waals surface area contributed by atoms with Crippen molar-refractivity contribution >= 4 is 28.3 Å². The third kappa shape index (κ3) is 3.53. The van der Waals surface area contributed by atoms with Crippen molar-refractivity contribution in [3.05, 3.63) is 71.9 Å². The maximum atomic E-state index is 13.6. The molecule has 0 radical (unpaired) electrons. The molecule has 0 unspecified atom stereocenters. The molecule has 4 aromatic rings. The molecular formula is C22H18ClFN4. The summed E-state index contributed by atoms with van der Waals surface area (Å²) in [6, 6.07) is 14.8. The van der Waals surface area contributed by atoms with Gasteiger partial charge in [-0.3, -0.25) is 4.98 Å². The topological polar surface area (TPSA) is 50.7 Å². The van der Waals surface area contributed by atoms with Gasteiger partial charge < -0.3 is 5.32 Å². The molecule has 4 rings (SSSR count). The van der Waals surface area contributed by atoms with Crippen LogP contribution in [0.2, 0.25) is 5.02 Å². The van der Waals surface area contributed by atoms with Gasteiger partial charge in [0.05, 0.1) is 16.2 Å². The van der Waals surface area contributed by atoms with Gasteiger partial charge in [-0.2, -0.15) is 0 Å². The highest BCUT2D eigenvalue weighted by Gasteiger charge is 2.13. The second kappa shape index (κ2) is 7.52. The summed E-state index contributed by atoms with van der Waals surface area (Å²) >= 11 is 5.98. The van der Waals surface area contributed by atoms with Gasteiger partial charge in [0.1, 0.15) is 18.0 Å². The van der Waals surface area contributed by atoms with E-state index < -0.39 is 5.82 Å². The lowest BCUT2D eigenvalue weighted by Gasteiger charge is -2.13. The summed E-state index contributed by atoms with van der Waals surface area (Å²) in [6.07, 6.45) is 3.27. The summed E-state index contributed by atoms with van der Waals surface area (Å²) in [6.45, 7) is 4.13. The van der Waals surface area contributed by atoms with Gasteiger partial charge in [0.15, 0.2) is 0 Å². The first-order chi connectivity index (χ1) is 13.5. The monoisotopic (exact) mass is 392 g/mol. The SMILES string of the molecule is CC(C)Nc1ncnc2ccc(-c3cccnc3-c3ccc(F)c(Cl)c3)cc12. The molecule has 0 atom stereocenters. The van der Waals surface area contributed by atoms with E-state index in [-0.39, 0.29) is 11.1 Å². The Bertz CT molecular complexity index is 1160. The van der Waals surface area contributed by atoms with Gasteiger partial charge in [-0.15, -0.1) is 0 Å². The Kier molecular flexibility index (Phi) is 4.92. The number of hydrogen-bond donors (Lipinski definition) is 1. The van der Waals surface area contributed by atoms with Gasteiger partial charge in [0.2, 0.25) is 0 Å². The van der Waals surface area contributed by atoms with Crippen LogP contribution in [0, 0.1) is 5.82 Å². The van der Waals surface area contributed by atoms with E-state index in [1.165, 1.54) is 6.07 Å². The van der Waals surface area contributed by atoms with Crippen molar-refractivity contribution in [3.63, 3.8) is 0 Å². The van der Waals surface area contributed by atoms with Crippen LogP contribution in [0.15, 0.2) is 61.1 Å². The average Bonchev–Trinajstić information content (AvgIpc) is 2.70. The Balaban J connectivity index is 1.88. The molecule has 140 valence electrons. The first-order valence-electron chi connectivity index (χ1n) is 8.95. The highest BCUT2D eigenvalue weighted by Crippen LogP contribution is 2.34. The van der Waals surface area contributed by atoms with Crippen LogP contribution in [0.25, 0.3) is 33.3 Å². The van der Waals surface area contributed by atoms with E-state index in [0.29, 0.717) is 0 Å². The van der Waals surface area contributed by atoms with Crippen LogP contribution in [0.5, 0.6) is 0 Å². The number of fused-ring (bicyclic) bond motifs is 1. The van der Waals surface area contributed by atoms with Gasteiger partial charge in [0.25, 0.3) is 0 Å². The lowest BCUT2D eigenvalue weighted by atomic mass is 9.98. The third-order valence-electron chi connectivity index (χ3n) is 4.37. The van der Waals surface area contributed by atoms with Crippen molar-refractivity contribution in [2.75, 3.05) is 5.32 Å². The number of halogens is 2. The van der Waals surface area contributed by atoms with Gasteiger partial charge >= 0.3 is 0 Å². The van der Waals surface area contributed by atoms with Crippen molar-refractivity contribution < 1.29 is 4.39 Å². The lowest BCUT2D eigenvalue weighted by molar-refractivity contribution is 0.628. The van der Waals surface area contributed by atoms with Gasteiger partial charge in [-0.1, -0.05) is 23.7 Å². The quantitative estimate of drug-likeness (QED) is 0.464. The third-order valence-corrected chi connectivity index (χ3v) is 4.66. The average molecular weight is 393 g/mol. The summed E-state index contributed by atoms with van der Waals surface area (Å²) in [4.78, 5) is 13.3. The van der Waals surface area contributed by atoms with Crippen LogP contribution in [-0.2, 0) is 0 Å². The largest absolute Gasteiger partial charge is 0.367 e. The zero-order valence-electron chi connectivity index (χ0n) is 15.4. The molecule has 28 heavy (non-hydrogen) atoms. The highest BCUT2D eigenvalue weighted by atomic mass is 35.5. The Labute approximate surface area is 167 Å². The molecule has 0 aliphatic carbocycles. The predicted octanol–water partition coefficient (Wildman–Crippen LogP) is 5.97. The maximum Gasteiger partial charge on any atom is 0.141 e. The van der Waals surface area contributed by atoms with E-state index in [1.54, 1.807) is 24.7 Å². The first-order valence-corrected chi connectivity index (χ1v) is 9.33. The summed E-state index contributed by atoms with van der Waals surface area (Å²) in [5.74, 6) is 0.340. The number of anilines is 1. The molecule has 6 heteroatoms. The van der Waals surface area contributed by atoms with Crippen molar-refractivity contribution in [1.29, 1.82) is 0 Å². The van der Waals surface area contributed by atoms with Crippen molar-refractivity contribution in [3.8, 4) is 22.4 Å². The molecule has 0 spiro atoms. The van der Waals surface area contributed by atoms with E-state index in [0.717, 1.165) is 39.1 Å². The minimum absolute atomic E-state index is 0.0736. The minimum atomic E-state index is -0.449. The molecule has 2 aromatic heterocycles. The van der Waals surface area contributed by atoms with E-state index in [1.807, 2.05) is 30.3 Å². The molecule has 0 amide bonds. The predicted molar refractivity (Wildman–Crippen MR) is 112 cm³/mol. The lowest BCUT2D eigenvalue weighted by Crippen LogP contribution is -2.11. The molecule has 0 bridgehead atoms. The van der Waals surface area contributed by atoms with E-state index >= 15 is 0 Å². The molecule has 1 N–H and O–H groups in total. The number of rotatable bonds is 4. The molecule has 0 saturated heterocycles. The smallest absolute Gasteiger partial charge is 0.141 e. The second-order valence-electron chi connectivity index (χ2n) is 6.78. The molecule has 0 fully saturated rings. The van der Waals surface area contributed by atoms with Gasteiger partial charge in [-0.05, 0) is 55.8 Å². The standard InChI is InChI=1S/C22H18ClFN4/c1-13(2)28-22-17-10-14(6-8-20(17)26-12-27-22)16-4-3-9-25-21(16)15-5-7-19(24)18(23)11-15/h3-13H,1-2H3,(H,26,27,28). The van der Waals surface area contributed by atoms with Crippen LogP contribution in [0.4, 0.5) is 10.2 Å². The van der Waals surface area contributed by atoms with E-state index in [2.05, 4.69) is 34.1 Å². The molecule has 0 aliphatic heterocycles. The molecule has 0 saturated carbocycles. The van der Waals surface area contributed by atoms with E-state index in [9.17, 15) is 4.39 Å². The number of hydrogen-bond acceptors (Lipinski definition) is 4. The Morgan fingerprint density at radius 1 is 0.964 bits per heavy atom. The van der Waals surface area contributed by atoms with Gasteiger partial charge in [-0.25, -0.2) is 14.4 Å². The van der Waals surface area contributed by atoms with Crippen LogP contribution in [-0.4, -0.2) is 21.0 Å². The molecule has 2 aromatic carbocycles. The summed E-state index contributed by atoms with van der Waals surface area (Å²) in [7, 11) is 0. The van der Waals surface area contributed by atoms with Crippen molar-refractivity contribution in [2.45, 2.75) is 19.9 Å². The summed E-state index contributed by atoms with van der Waals surface area (Å²) < 4.78 is 13.6. The first kappa shape index (κ1) is 18.3. The Hall–Kier alpha value is -3.05. The second-order valence-corrected chi connectivity index (χ2v) is 7.19. The number of benzene rings is 2. The number of nitrogens with zero attached hydrogens (tertiary/aromatic N) is 3.